The lowest BCUT2D eigenvalue weighted by atomic mass is 10.1. The van der Waals surface area contributed by atoms with Crippen LogP contribution in [0, 0.1) is 0 Å². The molecule has 0 amide bonds. The fraction of sp³-hybridized carbons (Fsp3) is 0.200. The lowest BCUT2D eigenvalue weighted by Crippen LogP contribution is -2.04. The normalized spacial score (nSPS) is 10.8. The zero-order chi connectivity index (χ0) is 15.5. The minimum Gasteiger partial charge on any atom is -0.462 e. The molecule has 0 saturated heterocycles. The Morgan fingerprint density at radius 1 is 1.32 bits per heavy atom. The van der Waals surface area contributed by atoms with Gasteiger partial charge in [-0.15, -0.1) is 0 Å². The molecule has 2 N–H and O–H groups in total. The molecule has 0 aliphatic rings. The molecule has 0 bridgehead atoms. The summed E-state index contributed by atoms with van der Waals surface area (Å²) in [6.45, 7) is 1.92. The van der Waals surface area contributed by atoms with Crippen molar-refractivity contribution in [2.45, 2.75) is 13.5 Å². The van der Waals surface area contributed by atoms with E-state index in [1.807, 2.05) is 0 Å². The van der Waals surface area contributed by atoms with Crippen molar-refractivity contribution in [1.29, 1.82) is 0 Å². The van der Waals surface area contributed by atoms with Crippen LogP contribution < -0.4 is 0 Å². The summed E-state index contributed by atoms with van der Waals surface area (Å²) in [5.41, 5.74) is 2.83. The summed E-state index contributed by atoms with van der Waals surface area (Å²) in [4.78, 5) is 27.5. The number of pyridine rings is 1. The number of aliphatic hydroxyl groups is 1. The van der Waals surface area contributed by atoms with Gasteiger partial charge in [-0.1, -0.05) is 0 Å². The quantitative estimate of drug-likeness (QED) is 0.711. The molecule has 112 valence electrons. The highest BCUT2D eigenvalue weighted by atomic mass is 16.5. The molecule has 7 nitrogen and oxygen atoms in total. The maximum Gasteiger partial charge on any atom is 0.340 e. The van der Waals surface area contributed by atoms with Crippen molar-refractivity contribution in [3.63, 3.8) is 0 Å². The van der Waals surface area contributed by atoms with Gasteiger partial charge in [0.1, 0.15) is 12.0 Å². The molecule has 0 saturated carbocycles. The number of nitrogens with one attached hydrogen (secondary N) is 1. The van der Waals surface area contributed by atoms with Gasteiger partial charge >= 0.3 is 5.97 Å². The molecule has 3 rings (SSSR count). The second kappa shape index (κ2) is 5.90. The van der Waals surface area contributed by atoms with Gasteiger partial charge < -0.3 is 14.8 Å². The first-order valence-electron chi connectivity index (χ1n) is 6.80. The Hall–Kier alpha value is -2.80. The van der Waals surface area contributed by atoms with E-state index >= 15 is 0 Å². The van der Waals surface area contributed by atoms with Crippen LogP contribution in [-0.4, -0.2) is 37.6 Å². The topological polar surface area (TPSA) is 101 Å². The molecule has 0 unspecified atom stereocenters. The Balaban J connectivity index is 2.16. The van der Waals surface area contributed by atoms with E-state index in [1.165, 1.54) is 6.33 Å². The van der Waals surface area contributed by atoms with Crippen molar-refractivity contribution < 1.29 is 14.6 Å². The van der Waals surface area contributed by atoms with Gasteiger partial charge in [-0.2, -0.15) is 0 Å². The van der Waals surface area contributed by atoms with Crippen LogP contribution in [-0.2, 0) is 11.3 Å². The van der Waals surface area contributed by atoms with Gasteiger partial charge in [-0.25, -0.2) is 14.8 Å². The molecular formula is C15H14N4O3. The van der Waals surface area contributed by atoms with Gasteiger partial charge in [0.05, 0.1) is 35.6 Å². The number of aromatic amines is 1. The van der Waals surface area contributed by atoms with Crippen LogP contribution in [0.15, 0.2) is 30.9 Å². The van der Waals surface area contributed by atoms with E-state index in [-0.39, 0.29) is 6.61 Å². The molecular weight excluding hydrogens is 284 g/mol. The average Bonchev–Trinajstić information content (AvgIpc) is 2.99. The van der Waals surface area contributed by atoms with E-state index < -0.39 is 5.97 Å². The number of aliphatic hydroxyl groups excluding tert-OH is 1. The number of ether oxygens (including phenoxy) is 1. The second-order valence-corrected chi connectivity index (χ2v) is 4.57. The van der Waals surface area contributed by atoms with Gasteiger partial charge in [0.25, 0.3) is 0 Å². The number of hydrogen-bond donors (Lipinski definition) is 2. The molecule has 0 aliphatic carbocycles. The third-order valence-electron chi connectivity index (χ3n) is 3.23. The third-order valence-corrected chi connectivity index (χ3v) is 3.23. The van der Waals surface area contributed by atoms with Gasteiger partial charge in [0.15, 0.2) is 0 Å². The van der Waals surface area contributed by atoms with Crippen molar-refractivity contribution in [3.05, 3.63) is 42.1 Å². The molecule has 0 radical (unpaired) electrons. The van der Waals surface area contributed by atoms with Crippen LogP contribution >= 0.6 is 0 Å². The first kappa shape index (κ1) is 14.2. The highest BCUT2D eigenvalue weighted by Gasteiger charge is 2.18. The standard InChI is InChI=1S/C15H14N4O3/c1-2-22-15(21)11-6-17-14-12(11)13(18-8-19-14)9-3-4-10(7-20)16-5-9/h3-6,8,20H,2,7H2,1H3,(H,17,18,19). The predicted molar refractivity (Wildman–Crippen MR) is 79.0 cm³/mol. The summed E-state index contributed by atoms with van der Waals surface area (Å²) < 4.78 is 5.06. The Bertz CT molecular complexity index is 811. The zero-order valence-electron chi connectivity index (χ0n) is 11.9. The maximum absolute atomic E-state index is 12.1. The van der Waals surface area contributed by atoms with Gasteiger partial charge in [-0.05, 0) is 19.1 Å². The largest absolute Gasteiger partial charge is 0.462 e. The highest BCUT2D eigenvalue weighted by molar-refractivity contribution is 6.08. The number of hydrogen-bond acceptors (Lipinski definition) is 6. The number of carbonyl (C=O) groups excluding carboxylic acids is 1. The van der Waals surface area contributed by atoms with Crippen LogP contribution in [0.1, 0.15) is 23.0 Å². The average molecular weight is 298 g/mol. The van der Waals surface area contributed by atoms with Crippen molar-refractivity contribution in [1.82, 2.24) is 19.9 Å². The Morgan fingerprint density at radius 2 is 2.18 bits per heavy atom. The van der Waals surface area contributed by atoms with Crippen molar-refractivity contribution in [2.24, 2.45) is 0 Å². The number of H-pyrrole nitrogens is 1. The molecule has 0 fully saturated rings. The van der Waals surface area contributed by atoms with E-state index in [9.17, 15) is 4.79 Å². The number of fused-ring (bicyclic) bond motifs is 1. The smallest absolute Gasteiger partial charge is 0.340 e. The zero-order valence-corrected chi connectivity index (χ0v) is 11.9. The molecule has 0 aromatic carbocycles. The molecule has 0 atom stereocenters. The molecule has 0 spiro atoms. The van der Waals surface area contributed by atoms with Crippen molar-refractivity contribution in [2.75, 3.05) is 6.61 Å². The molecule has 3 heterocycles. The Morgan fingerprint density at radius 3 is 2.86 bits per heavy atom. The number of esters is 1. The third kappa shape index (κ3) is 2.42. The number of carbonyl (C=O) groups is 1. The minimum absolute atomic E-state index is 0.127. The molecule has 7 heteroatoms. The monoisotopic (exact) mass is 298 g/mol. The van der Waals surface area contributed by atoms with Crippen LogP contribution in [0.5, 0.6) is 0 Å². The maximum atomic E-state index is 12.1. The Labute approximate surface area is 126 Å². The summed E-state index contributed by atoms with van der Waals surface area (Å²) in [7, 11) is 0. The summed E-state index contributed by atoms with van der Waals surface area (Å²) in [5, 5.41) is 9.66. The summed E-state index contributed by atoms with van der Waals surface area (Å²) in [6, 6.07) is 3.50. The van der Waals surface area contributed by atoms with Crippen molar-refractivity contribution >= 4 is 17.0 Å². The number of rotatable bonds is 4. The summed E-state index contributed by atoms with van der Waals surface area (Å²) in [5.74, 6) is -0.426. The minimum atomic E-state index is -0.426. The molecule has 3 aromatic rings. The van der Waals surface area contributed by atoms with Gasteiger partial charge in [0.2, 0.25) is 0 Å². The summed E-state index contributed by atoms with van der Waals surface area (Å²) in [6.07, 6.45) is 4.59. The van der Waals surface area contributed by atoms with Crippen LogP contribution in [0.2, 0.25) is 0 Å². The van der Waals surface area contributed by atoms with Crippen LogP contribution in [0.4, 0.5) is 0 Å². The lowest BCUT2D eigenvalue weighted by molar-refractivity contribution is 0.0528. The molecule has 3 aromatic heterocycles. The summed E-state index contributed by atoms with van der Waals surface area (Å²) >= 11 is 0. The van der Waals surface area contributed by atoms with Gasteiger partial charge in [0, 0.05) is 18.0 Å². The molecule has 0 aliphatic heterocycles. The second-order valence-electron chi connectivity index (χ2n) is 4.57. The first-order valence-corrected chi connectivity index (χ1v) is 6.80. The van der Waals surface area contributed by atoms with E-state index in [4.69, 9.17) is 9.84 Å². The van der Waals surface area contributed by atoms with Gasteiger partial charge in [-0.3, -0.25) is 4.98 Å². The fourth-order valence-electron chi connectivity index (χ4n) is 2.21. The van der Waals surface area contributed by atoms with E-state index in [0.717, 1.165) is 5.56 Å². The lowest BCUT2D eigenvalue weighted by Gasteiger charge is -2.05. The predicted octanol–water partition coefficient (Wildman–Crippen LogP) is 1.69. The highest BCUT2D eigenvalue weighted by Crippen LogP contribution is 2.28. The van der Waals surface area contributed by atoms with E-state index in [2.05, 4.69) is 19.9 Å². The van der Waals surface area contributed by atoms with Crippen molar-refractivity contribution in [3.8, 4) is 11.3 Å². The molecule has 22 heavy (non-hydrogen) atoms. The number of aromatic nitrogens is 4. The van der Waals surface area contributed by atoms with E-state index in [0.29, 0.717) is 34.6 Å². The Kier molecular flexibility index (Phi) is 3.80. The fourth-order valence-corrected chi connectivity index (χ4v) is 2.21. The van der Waals surface area contributed by atoms with Crippen LogP contribution in [0.3, 0.4) is 0 Å². The first-order chi connectivity index (χ1) is 10.7. The van der Waals surface area contributed by atoms with E-state index in [1.54, 1.807) is 31.5 Å². The SMILES string of the molecule is CCOC(=O)c1c[nH]c2ncnc(-c3ccc(CO)nc3)c12. The van der Waals surface area contributed by atoms with Crippen LogP contribution in [0.25, 0.3) is 22.3 Å². The number of nitrogens with zero attached hydrogens (tertiary/aromatic N) is 3.